The second-order valence-electron chi connectivity index (χ2n) is 8.20. The average Bonchev–Trinajstić information content (AvgIpc) is 3.21. The molecule has 3 aromatic rings. The first-order valence-electron chi connectivity index (χ1n) is 11.0. The zero-order chi connectivity index (χ0) is 21.8. The Bertz CT molecular complexity index is 1030. The average molecular weight is 436 g/mol. The summed E-state index contributed by atoms with van der Waals surface area (Å²) in [6.07, 6.45) is 9.16. The maximum absolute atomic E-state index is 13.5. The first-order valence-corrected chi connectivity index (χ1v) is 12.0. The number of nitrogens with zero attached hydrogens (tertiary/aromatic N) is 2. The molecule has 1 aliphatic heterocycles. The van der Waals surface area contributed by atoms with Crippen molar-refractivity contribution in [3.63, 3.8) is 0 Å². The summed E-state index contributed by atoms with van der Waals surface area (Å²) in [6, 6.07) is 11.3. The zero-order valence-electron chi connectivity index (χ0n) is 18.4. The third-order valence-corrected chi connectivity index (χ3v) is 7.03. The molecule has 1 aromatic carbocycles. The van der Waals surface area contributed by atoms with Gasteiger partial charge in [-0.15, -0.1) is 0 Å². The molecule has 0 radical (unpaired) electrons. The molecule has 1 N–H and O–H groups in total. The quantitative estimate of drug-likeness (QED) is 0.459. The standard InChI is InChI=1S/C26H30FN3S/c1-4-31-19(3)17-30-14-11-22(15-18(30)2)24-16-29-26(21-5-7-23(27)8-6-21)25(24)20-9-12-28-13-10-20/h5-13,16,18-19,29H,4,14-15,17H2,1-3H3. The Morgan fingerprint density at radius 2 is 1.90 bits per heavy atom. The molecule has 2 atom stereocenters. The van der Waals surface area contributed by atoms with Crippen LogP contribution < -0.4 is 0 Å². The number of hydrogen-bond donors (Lipinski definition) is 1. The van der Waals surface area contributed by atoms with E-state index in [1.807, 2.05) is 48.4 Å². The highest BCUT2D eigenvalue weighted by Gasteiger charge is 2.25. The minimum atomic E-state index is -0.222. The summed E-state index contributed by atoms with van der Waals surface area (Å²) in [6.45, 7) is 8.97. The number of rotatable bonds is 7. The van der Waals surface area contributed by atoms with Gasteiger partial charge in [-0.3, -0.25) is 9.88 Å². The predicted octanol–water partition coefficient (Wildman–Crippen LogP) is 6.50. The van der Waals surface area contributed by atoms with E-state index in [9.17, 15) is 4.39 Å². The molecule has 0 amide bonds. The molecular weight excluding hydrogens is 405 g/mol. The maximum Gasteiger partial charge on any atom is 0.123 e. The van der Waals surface area contributed by atoms with Crippen molar-refractivity contribution >= 4 is 17.3 Å². The molecule has 0 aliphatic carbocycles. The van der Waals surface area contributed by atoms with Crippen LogP contribution in [0.15, 0.2) is 61.1 Å². The summed E-state index contributed by atoms with van der Waals surface area (Å²) in [7, 11) is 0. The van der Waals surface area contributed by atoms with Crippen LogP contribution in [0.4, 0.5) is 4.39 Å². The van der Waals surface area contributed by atoms with Gasteiger partial charge in [-0.05, 0) is 72.2 Å². The van der Waals surface area contributed by atoms with Gasteiger partial charge in [0.1, 0.15) is 5.82 Å². The van der Waals surface area contributed by atoms with Gasteiger partial charge in [0.25, 0.3) is 0 Å². The fourth-order valence-corrected chi connectivity index (χ4v) is 5.29. The summed E-state index contributed by atoms with van der Waals surface area (Å²) < 4.78 is 13.5. The van der Waals surface area contributed by atoms with E-state index in [1.165, 1.54) is 23.3 Å². The van der Waals surface area contributed by atoms with Crippen LogP contribution in [0.3, 0.4) is 0 Å². The van der Waals surface area contributed by atoms with E-state index < -0.39 is 0 Å². The Balaban J connectivity index is 1.69. The van der Waals surface area contributed by atoms with E-state index in [2.05, 4.69) is 47.9 Å². The van der Waals surface area contributed by atoms with E-state index in [1.54, 1.807) is 0 Å². The van der Waals surface area contributed by atoms with Crippen molar-refractivity contribution in [2.75, 3.05) is 18.8 Å². The minimum absolute atomic E-state index is 0.222. The molecule has 0 saturated heterocycles. The summed E-state index contributed by atoms with van der Waals surface area (Å²) >= 11 is 2.03. The Hall–Kier alpha value is -2.37. The van der Waals surface area contributed by atoms with Gasteiger partial charge >= 0.3 is 0 Å². The molecule has 31 heavy (non-hydrogen) atoms. The summed E-state index contributed by atoms with van der Waals surface area (Å²) in [4.78, 5) is 10.3. The van der Waals surface area contributed by atoms with E-state index >= 15 is 0 Å². The third-order valence-electron chi connectivity index (χ3n) is 5.98. The van der Waals surface area contributed by atoms with Crippen LogP contribution in [-0.4, -0.2) is 45.0 Å². The number of aromatic amines is 1. The molecule has 0 saturated carbocycles. The lowest BCUT2D eigenvalue weighted by Crippen LogP contribution is -2.40. The lowest BCUT2D eigenvalue weighted by Gasteiger charge is -2.34. The van der Waals surface area contributed by atoms with Gasteiger partial charge in [-0.25, -0.2) is 4.39 Å². The zero-order valence-corrected chi connectivity index (χ0v) is 19.3. The van der Waals surface area contributed by atoms with Crippen LogP contribution in [0.1, 0.15) is 32.8 Å². The molecule has 162 valence electrons. The van der Waals surface area contributed by atoms with Crippen LogP contribution in [0.25, 0.3) is 28.0 Å². The molecule has 1 aliphatic rings. The van der Waals surface area contributed by atoms with Crippen LogP contribution in [0.5, 0.6) is 0 Å². The second kappa shape index (κ2) is 9.84. The van der Waals surface area contributed by atoms with E-state index in [0.29, 0.717) is 11.3 Å². The molecule has 0 spiro atoms. The number of benzene rings is 1. The fourth-order valence-electron chi connectivity index (χ4n) is 4.42. The number of halogens is 1. The van der Waals surface area contributed by atoms with Gasteiger partial charge < -0.3 is 4.98 Å². The highest BCUT2D eigenvalue weighted by atomic mass is 32.2. The van der Waals surface area contributed by atoms with Crippen LogP contribution >= 0.6 is 11.8 Å². The summed E-state index contributed by atoms with van der Waals surface area (Å²) in [5.41, 5.74) is 6.88. The van der Waals surface area contributed by atoms with Crippen molar-refractivity contribution in [1.82, 2.24) is 14.9 Å². The van der Waals surface area contributed by atoms with Crippen LogP contribution in [-0.2, 0) is 0 Å². The van der Waals surface area contributed by atoms with Gasteiger partial charge in [0, 0.05) is 54.1 Å². The van der Waals surface area contributed by atoms with E-state index in [4.69, 9.17) is 0 Å². The largest absolute Gasteiger partial charge is 0.360 e. The molecule has 4 rings (SSSR count). The second-order valence-corrected chi connectivity index (χ2v) is 9.91. The van der Waals surface area contributed by atoms with Crippen LogP contribution in [0, 0.1) is 5.82 Å². The van der Waals surface area contributed by atoms with Crippen molar-refractivity contribution in [2.24, 2.45) is 0 Å². The summed E-state index contributed by atoms with van der Waals surface area (Å²) in [5.74, 6) is 0.940. The Morgan fingerprint density at radius 1 is 1.16 bits per heavy atom. The first kappa shape index (κ1) is 21.8. The molecule has 3 heterocycles. The number of hydrogen-bond acceptors (Lipinski definition) is 3. The van der Waals surface area contributed by atoms with E-state index in [0.717, 1.165) is 47.6 Å². The molecule has 2 aromatic heterocycles. The first-order chi connectivity index (χ1) is 15.1. The topological polar surface area (TPSA) is 31.9 Å². The molecular formula is C26H30FN3S. The van der Waals surface area contributed by atoms with Crippen LogP contribution in [0.2, 0.25) is 0 Å². The minimum Gasteiger partial charge on any atom is -0.360 e. The number of nitrogens with one attached hydrogen (secondary N) is 1. The van der Waals surface area contributed by atoms with Crippen molar-refractivity contribution < 1.29 is 4.39 Å². The van der Waals surface area contributed by atoms with Crippen molar-refractivity contribution in [1.29, 1.82) is 0 Å². The van der Waals surface area contributed by atoms with Crippen molar-refractivity contribution in [3.05, 3.63) is 72.4 Å². The number of pyridine rings is 1. The molecule has 0 bridgehead atoms. The highest BCUT2D eigenvalue weighted by molar-refractivity contribution is 7.99. The molecule has 5 heteroatoms. The molecule has 0 fully saturated rings. The SMILES string of the molecule is CCSC(C)CN1CC=C(c2c[nH]c(-c3ccc(F)cc3)c2-c2ccncc2)CC1C. The molecule has 3 nitrogen and oxygen atoms in total. The van der Waals surface area contributed by atoms with Gasteiger partial charge in [-0.1, -0.05) is 19.9 Å². The predicted molar refractivity (Wildman–Crippen MR) is 131 cm³/mol. The lowest BCUT2D eigenvalue weighted by molar-refractivity contribution is 0.229. The van der Waals surface area contributed by atoms with Crippen molar-refractivity contribution in [2.45, 2.75) is 38.5 Å². The summed E-state index contributed by atoms with van der Waals surface area (Å²) in [5, 5.41) is 0.645. The fraction of sp³-hybridized carbons (Fsp3) is 0.346. The normalized spacial score (nSPS) is 18.1. The smallest absolute Gasteiger partial charge is 0.123 e. The monoisotopic (exact) mass is 435 g/mol. The highest BCUT2D eigenvalue weighted by Crippen LogP contribution is 2.40. The molecule has 2 unspecified atom stereocenters. The van der Waals surface area contributed by atoms with Gasteiger partial charge in [0.05, 0.1) is 5.69 Å². The Morgan fingerprint density at radius 3 is 2.58 bits per heavy atom. The Kier molecular flexibility index (Phi) is 6.93. The van der Waals surface area contributed by atoms with Gasteiger partial charge in [0.15, 0.2) is 0 Å². The number of thioether (sulfide) groups is 1. The number of H-pyrrole nitrogens is 1. The van der Waals surface area contributed by atoms with Gasteiger partial charge in [0.2, 0.25) is 0 Å². The van der Waals surface area contributed by atoms with E-state index in [-0.39, 0.29) is 5.82 Å². The van der Waals surface area contributed by atoms with Gasteiger partial charge in [-0.2, -0.15) is 11.8 Å². The van der Waals surface area contributed by atoms with Crippen molar-refractivity contribution in [3.8, 4) is 22.4 Å². The maximum atomic E-state index is 13.5. The Labute approximate surface area is 188 Å². The number of aromatic nitrogens is 2. The third kappa shape index (κ3) is 4.94. The lowest BCUT2D eigenvalue weighted by atomic mass is 9.90.